The Bertz CT molecular complexity index is 686. The van der Waals surface area contributed by atoms with E-state index in [0.717, 1.165) is 20.4 Å². The Kier molecular flexibility index (Phi) is 5.65. The number of aryl methyl sites for hydroxylation is 1. The third-order valence-electron chi connectivity index (χ3n) is 3.28. The highest BCUT2D eigenvalue weighted by Crippen LogP contribution is 2.28. The molecule has 0 bridgehead atoms. The minimum atomic E-state index is -0.0588. The van der Waals surface area contributed by atoms with Crippen LogP contribution in [0.2, 0.25) is 0 Å². The van der Waals surface area contributed by atoms with Gasteiger partial charge in [-0.25, -0.2) is 0 Å². The molecule has 1 N–H and O–H groups in total. The summed E-state index contributed by atoms with van der Waals surface area (Å²) in [5.41, 5.74) is 2.76. The van der Waals surface area contributed by atoms with E-state index in [0.29, 0.717) is 11.5 Å². The summed E-state index contributed by atoms with van der Waals surface area (Å²) < 4.78 is 11.6. The predicted octanol–water partition coefficient (Wildman–Crippen LogP) is 3.80. The number of hydrogen-bond acceptors (Lipinski definition) is 3. The fourth-order valence-electron chi connectivity index (χ4n) is 2.14. The number of ether oxygens (including phenoxy) is 2. The summed E-state index contributed by atoms with van der Waals surface area (Å²) >= 11 is 2.25. The first-order valence-corrected chi connectivity index (χ1v) is 7.88. The van der Waals surface area contributed by atoms with Gasteiger partial charge in [-0.05, 0) is 71.0 Å². The summed E-state index contributed by atoms with van der Waals surface area (Å²) in [5.74, 6) is 1.22. The summed E-state index contributed by atoms with van der Waals surface area (Å²) in [6.45, 7) is 1.98. The molecule has 0 atom stereocenters. The second kappa shape index (κ2) is 7.49. The highest BCUT2D eigenvalue weighted by molar-refractivity contribution is 14.1. The van der Waals surface area contributed by atoms with E-state index < -0.39 is 0 Å². The van der Waals surface area contributed by atoms with Crippen LogP contribution >= 0.6 is 22.6 Å². The molecule has 5 heteroatoms. The summed E-state index contributed by atoms with van der Waals surface area (Å²) in [4.78, 5) is 12.2. The SMILES string of the molecule is COc1ccc(CC(=O)Nc2ccc(I)cc2C)cc1OC. The maximum atomic E-state index is 12.2. The van der Waals surface area contributed by atoms with Crippen molar-refractivity contribution in [2.45, 2.75) is 13.3 Å². The predicted molar refractivity (Wildman–Crippen MR) is 95.8 cm³/mol. The molecule has 1 amide bonds. The molecule has 0 unspecified atom stereocenters. The van der Waals surface area contributed by atoms with Crippen molar-refractivity contribution in [1.82, 2.24) is 0 Å². The van der Waals surface area contributed by atoms with Crippen LogP contribution in [0.5, 0.6) is 11.5 Å². The van der Waals surface area contributed by atoms with Crippen LogP contribution in [0.1, 0.15) is 11.1 Å². The Labute approximate surface area is 144 Å². The van der Waals surface area contributed by atoms with Crippen LogP contribution in [0.4, 0.5) is 5.69 Å². The monoisotopic (exact) mass is 411 g/mol. The van der Waals surface area contributed by atoms with Gasteiger partial charge in [0.1, 0.15) is 0 Å². The van der Waals surface area contributed by atoms with E-state index in [9.17, 15) is 4.79 Å². The molecule has 2 aromatic rings. The smallest absolute Gasteiger partial charge is 0.228 e. The Morgan fingerprint density at radius 2 is 1.82 bits per heavy atom. The zero-order valence-electron chi connectivity index (χ0n) is 12.8. The molecule has 0 aromatic heterocycles. The third kappa shape index (κ3) is 4.13. The van der Waals surface area contributed by atoms with Gasteiger partial charge < -0.3 is 14.8 Å². The van der Waals surface area contributed by atoms with E-state index in [1.54, 1.807) is 20.3 Å². The Morgan fingerprint density at radius 3 is 2.45 bits per heavy atom. The minimum absolute atomic E-state index is 0.0588. The van der Waals surface area contributed by atoms with Crippen molar-refractivity contribution in [1.29, 1.82) is 0 Å². The number of hydrogen-bond donors (Lipinski definition) is 1. The molecule has 0 aliphatic rings. The average Bonchev–Trinajstić information content (AvgIpc) is 2.50. The van der Waals surface area contributed by atoms with Crippen LogP contribution in [0.15, 0.2) is 36.4 Å². The highest BCUT2D eigenvalue weighted by Gasteiger charge is 2.09. The van der Waals surface area contributed by atoms with Gasteiger partial charge in [0.25, 0.3) is 0 Å². The number of rotatable bonds is 5. The van der Waals surface area contributed by atoms with Gasteiger partial charge in [0.05, 0.1) is 20.6 Å². The molecular weight excluding hydrogens is 393 g/mol. The lowest BCUT2D eigenvalue weighted by atomic mass is 10.1. The lowest BCUT2D eigenvalue weighted by Gasteiger charge is -2.11. The zero-order chi connectivity index (χ0) is 16.1. The molecule has 0 saturated heterocycles. The quantitative estimate of drug-likeness (QED) is 0.762. The molecule has 116 valence electrons. The molecule has 4 nitrogen and oxygen atoms in total. The lowest BCUT2D eigenvalue weighted by Crippen LogP contribution is -2.15. The molecule has 0 saturated carbocycles. The van der Waals surface area contributed by atoms with Gasteiger partial charge in [-0.1, -0.05) is 6.07 Å². The summed E-state index contributed by atoms with van der Waals surface area (Å²) in [6.07, 6.45) is 0.284. The van der Waals surface area contributed by atoms with Crippen LogP contribution in [-0.4, -0.2) is 20.1 Å². The molecule has 0 radical (unpaired) electrons. The Balaban J connectivity index is 2.08. The molecule has 0 spiro atoms. The fraction of sp³-hybridized carbons (Fsp3) is 0.235. The number of halogens is 1. The third-order valence-corrected chi connectivity index (χ3v) is 3.95. The molecule has 0 heterocycles. The summed E-state index contributed by atoms with van der Waals surface area (Å²) in [6, 6.07) is 11.4. The van der Waals surface area contributed by atoms with Crippen molar-refractivity contribution >= 4 is 34.2 Å². The van der Waals surface area contributed by atoms with Crippen molar-refractivity contribution < 1.29 is 14.3 Å². The van der Waals surface area contributed by atoms with E-state index in [-0.39, 0.29) is 12.3 Å². The van der Waals surface area contributed by atoms with E-state index >= 15 is 0 Å². The van der Waals surface area contributed by atoms with E-state index in [4.69, 9.17) is 9.47 Å². The molecule has 0 aliphatic heterocycles. The number of amides is 1. The van der Waals surface area contributed by atoms with Crippen molar-refractivity contribution in [3.63, 3.8) is 0 Å². The first-order chi connectivity index (χ1) is 10.5. The van der Waals surface area contributed by atoms with E-state index in [2.05, 4.69) is 27.9 Å². The number of anilines is 1. The number of benzene rings is 2. The molecule has 2 rings (SSSR count). The van der Waals surface area contributed by atoms with Gasteiger partial charge in [-0.3, -0.25) is 4.79 Å². The van der Waals surface area contributed by atoms with Gasteiger partial charge >= 0.3 is 0 Å². The number of methoxy groups -OCH3 is 2. The van der Waals surface area contributed by atoms with Gasteiger partial charge in [0.2, 0.25) is 5.91 Å². The topological polar surface area (TPSA) is 47.6 Å². The average molecular weight is 411 g/mol. The van der Waals surface area contributed by atoms with Crippen LogP contribution in [0.3, 0.4) is 0 Å². The number of carbonyl (C=O) groups excluding carboxylic acids is 1. The highest BCUT2D eigenvalue weighted by atomic mass is 127. The van der Waals surface area contributed by atoms with Crippen LogP contribution in [0.25, 0.3) is 0 Å². The summed E-state index contributed by atoms with van der Waals surface area (Å²) in [7, 11) is 3.17. The largest absolute Gasteiger partial charge is 0.493 e. The van der Waals surface area contributed by atoms with Crippen LogP contribution in [0, 0.1) is 10.5 Å². The van der Waals surface area contributed by atoms with E-state index in [1.165, 1.54) is 0 Å². The number of nitrogens with one attached hydrogen (secondary N) is 1. The first-order valence-electron chi connectivity index (χ1n) is 6.80. The van der Waals surface area contributed by atoms with Crippen molar-refractivity contribution in [3.05, 3.63) is 51.1 Å². The lowest BCUT2D eigenvalue weighted by molar-refractivity contribution is -0.115. The van der Waals surface area contributed by atoms with Gasteiger partial charge in [0, 0.05) is 9.26 Å². The normalized spacial score (nSPS) is 10.2. The first kappa shape index (κ1) is 16.6. The number of carbonyl (C=O) groups is 1. The standard InChI is InChI=1S/C17H18INO3/c1-11-8-13(18)5-6-14(11)19-17(20)10-12-4-7-15(21-2)16(9-12)22-3/h4-9H,10H2,1-3H3,(H,19,20). The van der Waals surface area contributed by atoms with Crippen LogP contribution < -0.4 is 14.8 Å². The summed E-state index contributed by atoms with van der Waals surface area (Å²) in [5, 5.41) is 2.94. The maximum Gasteiger partial charge on any atom is 0.228 e. The zero-order valence-corrected chi connectivity index (χ0v) is 14.9. The maximum absolute atomic E-state index is 12.2. The molecule has 2 aromatic carbocycles. The second-order valence-corrected chi connectivity index (χ2v) is 6.12. The van der Waals surface area contributed by atoms with Crippen molar-refractivity contribution in [2.24, 2.45) is 0 Å². The Morgan fingerprint density at radius 1 is 1.09 bits per heavy atom. The Hall–Kier alpha value is -1.76. The van der Waals surface area contributed by atoms with Gasteiger partial charge in [-0.15, -0.1) is 0 Å². The second-order valence-electron chi connectivity index (χ2n) is 4.87. The minimum Gasteiger partial charge on any atom is -0.493 e. The fourth-order valence-corrected chi connectivity index (χ4v) is 2.78. The van der Waals surface area contributed by atoms with Crippen molar-refractivity contribution in [2.75, 3.05) is 19.5 Å². The molecular formula is C17H18INO3. The van der Waals surface area contributed by atoms with Crippen molar-refractivity contribution in [3.8, 4) is 11.5 Å². The molecule has 0 aliphatic carbocycles. The van der Waals surface area contributed by atoms with Gasteiger partial charge in [0.15, 0.2) is 11.5 Å². The molecule has 22 heavy (non-hydrogen) atoms. The van der Waals surface area contributed by atoms with E-state index in [1.807, 2.05) is 37.3 Å². The van der Waals surface area contributed by atoms with Crippen LogP contribution in [-0.2, 0) is 11.2 Å². The molecule has 0 fully saturated rings. The van der Waals surface area contributed by atoms with Gasteiger partial charge in [-0.2, -0.15) is 0 Å².